The molecule has 1 heterocycles. The standard InChI is InChI=1S/C17H16F3N3O2/c1-22(2)11-21-16(25)13-5-3-12(4-6-13)9-23-10-14(17(18,19)20)7-8-15(23)24/h3-8,10-11H,9H2,1-2H3. The number of aromatic nitrogens is 1. The summed E-state index contributed by atoms with van der Waals surface area (Å²) in [7, 11) is 3.46. The largest absolute Gasteiger partial charge is 0.417 e. The van der Waals surface area contributed by atoms with E-state index in [4.69, 9.17) is 0 Å². The lowest BCUT2D eigenvalue weighted by Crippen LogP contribution is -2.21. The number of nitrogens with zero attached hydrogens (tertiary/aromatic N) is 3. The summed E-state index contributed by atoms with van der Waals surface area (Å²) in [5.74, 6) is -0.434. The zero-order chi connectivity index (χ0) is 18.6. The lowest BCUT2D eigenvalue weighted by molar-refractivity contribution is -0.138. The fourth-order valence-electron chi connectivity index (χ4n) is 2.01. The number of pyridine rings is 1. The van der Waals surface area contributed by atoms with Crippen LogP contribution in [0.25, 0.3) is 0 Å². The highest BCUT2D eigenvalue weighted by atomic mass is 19.4. The molecule has 0 unspecified atom stereocenters. The van der Waals surface area contributed by atoms with Gasteiger partial charge in [0.1, 0.15) is 0 Å². The average Bonchev–Trinajstić information content (AvgIpc) is 2.54. The van der Waals surface area contributed by atoms with Gasteiger partial charge < -0.3 is 9.47 Å². The summed E-state index contributed by atoms with van der Waals surface area (Å²) in [5, 5.41) is 0. The van der Waals surface area contributed by atoms with Gasteiger partial charge in [-0.05, 0) is 23.8 Å². The van der Waals surface area contributed by atoms with E-state index in [0.29, 0.717) is 11.1 Å². The Labute approximate surface area is 142 Å². The molecule has 1 aromatic heterocycles. The van der Waals surface area contributed by atoms with Crippen LogP contribution < -0.4 is 5.56 Å². The third-order valence-electron chi connectivity index (χ3n) is 3.27. The number of halogens is 3. The molecule has 0 radical (unpaired) electrons. The van der Waals surface area contributed by atoms with Crippen molar-refractivity contribution in [1.29, 1.82) is 0 Å². The van der Waals surface area contributed by atoms with Crippen LogP contribution in [0, 0.1) is 0 Å². The molecule has 1 aromatic carbocycles. The topological polar surface area (TPSA) is 54.7 Å². The van der Waals surface area contributed by atoms with E-state index in [1.165, 1.54) is 18.5 Å². The summed E-state index contributed by atoms with van der Waals surface area (Å²) in [5.41, 5.74) is -0.492. The van der Waals surface area contributed by atoms with Crippen LogP contribution in [0.15, 0.2) is 52.4 Å². The fraction of sp³-hybridized carbons (Fsp3) is 0.235. The second-order valence-electron chi connectivity index (χ2n) is 5.59. The monoisotopic (exact) mass is 351 g/mol. The predicted molar refractivity (Wildman–Crippen MR) is 87.8 cm³/mol. The number of carbonyl (C=O) groups is 1. The minimum atomic E-state index is -4.52. The van der Waals surface area contributed by atoms with Crippen molar-refractivity contribution in [2.75, 3.05) is 14.1 Å². The van der Waals surface area contributed by atoms with E-state index in [9.17, 15) is 22.8 Å². The van der Waals surface area contributed by atoms with E-state index in [2.05, 4.69) is 4.99 Å². The first-order valence-electron chi connectivity index (χ1n) is 7.28. The third-order valence-corrected chi connectivity index (χ3v) is 3.27. The lowest BCUT2D eigenvalue weighted by atomic mass is 10.1. The molecule has 0 fully saturated rings. The van der Waals surface area contributed by atoms with Gasteiger partial charge in [0.25, 0.3) is 11.5 Å². The van der Waals surface area contributed by atoms with Crippen molar-refractivity contribution >= 4 is 12.2 Å². The van der Waals surface area contributed by atoms with Crippen molar-refractivity contribution in [2.45, 2.75) is 12.7 Å². The van der Waals surface area contributed by atoms with E-state index in [1.807, 2.05) is 0 Å². The van der Waals surface area contributed by atoms with Crippen LogP contribution in [0.4, 0.5) is 13.2 Å². The minimum Gasteiger partial charge on any atom is -0.369 e. The molecule has 0 aliphatic heterocycles. The van der Waals surface area contributed by atoms with E-state index in [0.717, 1.165) is 22.9 Å². The number of amides is 1. The number of rotatable bonds is 4. The first kappa shape index (κ1) is 18.4. The molecule has 0 spiro atoms. The maximum Gasteiger partial charge on any atom is 0.417 e. The number of hydrogen-bond acceptors (Lipinski definition) is 2. The van der Waals surface area contributed by atoms with Gasteiger partial charge in [-0.3, -0.25) is 9.59 Å². The predicted octanol–water partition coefficient (Wildman–Crippen LogP) is 2.65. The zero-order valence-electron chi connectivity index (χ0n) is 13.6. The number of alkyl halides is 3. The maximum atomic E-state index is 12.7. The van der Waals surface area contributed by atoms with Gasteiger partial charge in [-0.2, -0.15) is 18.2 Å². The van der Waals surface area contributed by atoms with Gasteiger partial charge in [0.05, 0.1) is 18.4 Å². The molecule has 0 saturated carbocycles. The van der Waals surface area contributed by atoms with Gasteiger partial charge in [0, 0.05) is 31.9 Å². The second kappa shape index (κ2) is 7.33. The lowest BCUT2D eigenvalue weighted by Gasteiger charge is -2.11. The van der Waals surface area contributed by atoms with Crippen LogP contribution in [0.3, 0.4) is 0 Å². The smallest absolute Gasteiger partial charge is 0.369 e. The van der Waals surface area contributed by atoms with E-state index >= 15 is 0 Å². The number of benzene rings is 1. The van der Waals surface area contributed by atoms with Crippen LogP contribution in [0.2, 0.25) is 0 Å². The summed E-state index contributed by atoms with van der Waals surface area (Å²) in [4.78, 5) is 28.9. The Kier molecular flexibility index (Phi) is 5.41. The zero-order valence-corrected chi connectivity index (χ0v) is 13.6. The van der Waals surface area contributed by atoms with Gasteiger partial charge in [0.2, 0.25) is 0 Å². The summed E-state index contributed by atoms with van der Waals surface area (Å²) in [6.45, 7) is -0.0296. The molecule has 1 amide bonds. The SMILES string of the molecule is CN(C)C=NC(=O)c1ccc(Cn2cc(C(F)(F)F)ccc2=O)cc1. The summed E-state index contributed by atoms with van der Waals surface area (Å²) in [6, 6.07) is 7.82. The average molecular weight is 351 g/mol. The molecule has 0 aliphatic carbocycles. The number of aliphatic imine (C=N–C) groups is 1. The Balaban J connectivity index is 2.19. The van der Waals surface area contributed by atoms with Crippen LogP contribution in [-0.4, -0.2) is 35.8 Å². The normalized spacial score (nSPS) is 11.7. The third kappa shape index (κ3) is 5.03. The van der Waals surface area contributed by atoms with Gasteiger partial charge in [0.15, 0.2) is 0 Å². The fourth-order valence-corrected chi connectivity index (χ4v) is 2.01. The molecular formula is C17H16F3N3O2. The Morgan fingerprint density at radius 2 is 1.80 bits per heavy atom. The van der Waals surface area contributed by atoms with Gasteiger partial charge in [-0.15, -0.1) is 0 Å². The second-order valence-corrected chi connectivity index (χ2v) is 5.59. The first-order valence-corrected chi connectivity index (χ1v) is 7.28. The van der Waals surface area contributed by atoms with Crippen molar-refractivity contribution in [1.82, 2.24) is 9.47 Å². The van der Waals surface area contributed by atoms with Crippen LogP contribution >= 0.6 is 0 Å². The molecule has 0 aliphatic rings. The Hall–Kier alpha value is -2.90. The van der Waals surface area contributed by atoms with Crippen molar-refractivity contribution in [3.63, 3.8) is 0 Å². The van der Waals surface area contributed by atoms with Gasteiger partial charge >= 0.3 is 6.18 Å². The molecule has 2 rings (SSSR count). The minimum absolute atomic E-state index is 0.0296. The maximum absolute atomic E-state index is 12.7. The van der Waals surface area contributed by atoms with E-state index in [-0.39, 0.29) is 6.54 Å². The molecule has 0 bridgehead atoms. The molecule has 0 atom stereocenters. The Morgan fingerprint density at radius 3 is 2.36 bits per heavy atom. The molecule has 0 saturated heterocycles. The van der Waals surface area contributed by atoms with E-state index in [1.54, 1.807) is 31.1 Å². The van der Waals surface area contributed by atoms with Gasteiger partial charge in [-0.1, -0.05) is 12.1 Å². The number of carbonyl (C=O) groups excluding carboxylic acids is 1. The van der Waals surface area contributed by atoms with Crippen molar-refractivity contribution < 1.29 is 18.0 Å². The molecule has 132 valence electrons. The quantitative estimate of drug-likeness (QED) is 0.629. The Bertz CT molecular complexity index is 837. The molecule has 8 heteroatoms. The Morgan fingerprint density at radius 1 is 1.16 bits per heavy atom. The number of hydrogen-bond donors (Lipinski definition) is 0. The van der Waals surface area contributed by atoms with Crippen molar-refractivity contribution in [3.8, 4) is 0 Å². The first-order chi connectivity index (χ1) is 11.7. The van der Waals surface area contributed by atoms with Crippen molar-refractivity contribution in [3.05, 3.63) is 69.6 Å². The molecule has 25 heavy (non-hydrogen) atoms. The van der Waals surface area contributed by atoms with Crippen molar-refractivity contribution in [2.24, 2.45) is 4.99 Å². The molecule has 5 nitrogen and oxygen atoms in total. The molecule has 2 aromatic rings. The summed E-state index contributed by atoms with van der Waals surface area (Å²) >= 11 is 0. The molecule has 0 N–H and O–H groups in total. The van der Waals surface area contributed by atoms with Crippen LogP contribution in [0.1, 0.15) is 21.5 Å². The van der Waals surface area contributed by atoms with E-state index < -0.39 is 23.2 Å². The summed E-state index contributed by atoms with van der Waals surface area (Å²) in [6.07, 6.45) is -2.36. The highest BCUT2D eigenvalue weighted by molar-refractivity contribution is 5.98. The highest BCUT2D eigenvalue weighted by Crippen LogP contribution is 2.28. The summed E-state index contributed by atoms with van der Waals surface area (Å²) < 4.78 is 39.2. The van der Waals surface area contributed by atoms with Gasteiger partial charge in [-0.25, -0.2) is 0 Å². The highest BCUT2D eigenvalue weighted by Gasteiger charge is 2.31. The molecular weight excluding hydrogens is 335 g/mol. The van der Waals surface area contributed by atoms with Crippen LogP contribution in [0.5, 0.6) is 0 Å². The van der Waals surface area contributed by atoms with Crippen LogP contribution in [-0.2, 0) is 12.7 Å².